The van der Waals surface area contributed by atoms with Crippen LogP contribution in [0.15, 0.2) is 41.3 Å². The van der Waals surface area contributed by atoms with Gasteiger partial charge in [0.2, 0.25) is 0 Å². The molecule has 22 heavy (non-hydrogen) atoms. The molecule has 0 aliphatic heterocycles. The Bertz CT molecular complexity index is 733. The van der Waals surface area contributed by atoms with Crippen molar-refractivity contribution in [2.45, 2.75) is 26.9 Å². The largest absolute Gasteiger partial charge is 0.481 e. The van der Waals surface area contributed by atoms with Crippen LogP contribution in [0.25, 0.3) is 0 Å². The molecule has 116 valence electrons. The van der Waals surface area contributed by atoms with E-state index in [1.165, 1.54) is 4.57 Å². The van der Waals surface area contributed by atoms with Crippen LogP contribution in [0.1, 0.15) is 18.1 Å². The fraction of sp³-hybridized carbons (Fsp3) is 0.294. The number of amides is 1. The number of hydrogen-bond donors (Lipinski definition) is 1. The quantitative estimate of drug-likeness (QED) is 0.943. The molecular weight excluding hydrogens is 280 g/mol. The third-order valence-electron chi connectivity index (χ3n) is 3.43. The summed E-state index contributed by atoms with van der Waals surface area (Å²) in [5.74, 6) is 0.262. The average Bonchev–Trinajstić information content (AvgIpc) is 2.49. The highest BCUT2D eigenvalue weighted by atomic mass is 16.5. The van der Waals surface area contributed by atoms with Crippen molar-refractivity contribution in [1.29, 1.82) is 0 Å². The SMILES string of the molecule is Cc1ccc(OC(C)C(=O)Nc2c(C)ccn(C)c2=O)cc1. The van der Waals surface area contributed by atoms with Crippen LogP contribution in [-0.2, 0) is 11.8 Å². The minimum Gasteiger partial charge on any atom is -0.481 e. The molecule has 1 heterocycles. The fourth-order valence-electron chi connectivity index (χ4n) is 1.97. The van der Waals surface area contributed by atoms with Gasteiger partial charge in [-0.25, -0.2) is 0 Å². The highest BCUT2D eigenvalue weighted by Gasteiger charge is 2.17. The predicted octanol–water partition coefficient (Wildman–Crippen LogP) is 2.41. The van der Waals surface area contributed by atoms with Gasteiger partial charge in [0, 0.05) is 13.2 Å². The van der Waals surface area contributed by atoms with Crippen molar-refractivity contribution in [3.8, 4) is 5.75 Å². The molecule has 1 atom stereocenters. The number of aromatic nitrogens is 1. The zero-order chi connectivity index (χ0) is 16.3. The third kappa shape index (κ3) is 3.55. The van der Waals surface area contributed by atoms with Crippen LogP contribution in [0.2, 0.25) is 0 Å². The summed E-state index contributed by atoms with van der Waals surface area (Å²) in [6.07, 6.45) is 0.964. The topological polar surface area (TPSA) is 60.3 Å². The maximum atomic E-state index is 12.2. The number of pyridine rings is 1. The summed E-state index contributed by atoms with van der Waals surface area (Å²) in [4.78, 5) is 24.3. The summed E-state index contributed by atoms with van der Waals surface area (Å²) >= 11 is 0. The first kappa shape index (κ1) is 15.8. The molecule has 0 saturated carbocycles. The summed E-state index contributed by atoms with van der Waals surface area (Å²) in [6.45, 7) is 5.41. The lowest BCUT2D eigenvalue weighted by Gasteiger charge is -2.16. The Morgan fingerprint density at radius 2 is 1.82 bits per heavy atom. The Balaban J connectivity index is 2.10. The molecule has 0 saturated heterocycles. The molecule has 1 unspecified atom stereocenters. The van der Waals surface area contributed by atoms with Crippen molar-refractivity contribution >= 4 is 11.6 Å². The number of carbonyl (C=O) groups is 1. The maximum absolute atomic E-state index is 12.2. The van der Waals surface area contributed by atoms with Gasteiger partial charge in [0.15, 0.2) is 6.10 Å². The Labute approximate surface area is 129 Å². The Morgan fingerprint density at radius 1 is 1.18 bits per heavy atom. The van der Waals surface area contributed by atoms with Gasteiger partial charge in [0.1, 0.15) is 11.4 Å². The minimum atomic E-state index is -0.702. The monoisotopic (exact) mass is 300 g/mol. The number of ether oxygens (including phenoxy) is 1. The van der Waals surface area contributed by atoms with Crippen molar-refractivity contribution in [3.63, 3.8) is 0 Å². The summed E-state index contributed by atoms with van der Waals surface area (Å²) in [6, 6.07) is 9.23. The molecule has 0 aliphatic carbocycles. The summed E-state index contributed by atoms with van der Waals surface area (Å²) in [5, 5.41) is 2.65. The normalized spacial score (nSPS) is 11.8. The van der Waals surface area contributed by atoms with Crippen LogP contribution in [0.3, 0.4) is 0 Å². The van der Waals surface area contributed by atoms with Crippen LogP contribution < -0.4 is 15.6 Å². The Hall–Kier alpha value is -2.56. The Kier molecular flexibility index (Phi) is 4.65. The highest BCUT2D eigenvalue weighted by Crippen LogP contribution is 2.14. The van der Waals surface area contributed by atoms with Crippen LogP contribution in [0.5, 0.6) is 5.75 Å². The number of nitrogens with zero attached hydrogens (tertiary/aromatic N) is 1. The summed E-state index contributed by atoms with van der Waals surface area (Å²) in [7, 11) is 1.64. The number of carbonyl (C=O) groups excluding carboxylic acids is 1. The molecule has 2 rings (SSSR count). The molecule has 0 fully saturated rings. The van der Waals surface area contributed by atoms with Crippen LogP contribution >= 0.6 is 0 Å². The fourth-order valence-corrected chi connectivity index (χ4v) is 1.97. The van der Waals surface area contributed by atoms with Gasteiger partial charge in [-0.15, -0.1) is 0 Å². The van der Waals surface area contributed by atoms with Crippen molar-refractivity contribution in [2.75, 3.05) is 5.32 Å². The first-order chi connectivity index (χ1) is 10.4. The smallest absolute Gasteiger partial charge is 0.274 e. The molecule has 1 aromatic heterocycles. The van der Waals surface area contributed by atoms with Gasteiger partial charge in [-0.05, 0) is 44.5 Å². The maximum Gasteiger partial charge on any atom is 0.274 e. The predicted molar refractivity (Wildman–Crippen MR) is 86.3 cm³/mol. The number of nitrogens with one attached hydrogen (secondary N) is 1. The number of hydrogen-bond acceptors (Lipinski definition) is 3. The number of rotatable bonds is 4. The van der Waals surface area contributed by atoms with E-state index < -0.39 is 6.10 Å². The average molecular weight is 300 g/mol. The van der Waals surface area contributed by atoms with Gasteiger partial charge < -0.3 is 14.6 Å². The van der Waals surface area contributed by atoms with Gasteiger partial charge >= 0.3 is 0 Å². The molecule has 5 nitrogen and oxygen atoms in total. The van der Waals surface area contributed by atoms with Gasteiger partial charge in [0.25, 0.3) is 11.5 Å². The number of anilines is 1. The van der Waals surface area contributed by atoms with Gasteiger partial charge in [-0.3, -0.25) is 9.59 Å². The molecular formula is C17H20N2O3. The van der Waals surface area contributed by atoms with Crippen molar-refractivity contribution in [2.24, 2.45) is 7.05 Å². The van der Waals surface area contributed by atoms with E-state index >= 15 is 0 Å². The van der Waals surface area contributed by atoms with E-state index in [4.69, 9.17) is 4.74 Å². The number of benzene rings is 1. The van der Waals surface area contributed by atoms with Crippen molar-refractivity contribution in [3.05, 3.63) is 58.0 Å². The van der Waals surface area contributed by atoms with E-state index in [0.717, 1.165) is 11.1 Å². The second kappa shape index (κ2) is 6.47. The second-order valence-corrected chi connectivity index (χ2v) is 5.35. The molecule has 0 aliphatic rings. The summed E-state index contributed by atoms with van der Waals surface area (Å²) in [5.41, 5.74) is 1.89. The zero-order valence-electron chi connectivity index (χ0n) is 13.2. The highest BCUT2D eigenvalue weighted by molar-refractivity contribution is 5.94. The molecule has 1 aromatic carbocycles. The number of aryl methyl sites for hydroxylation is 3. The van der Waals surface area contributed by atoms with E-state index in [2.05, 4.69) is 5.32 Å². The van der Waals surface area contributed by atoms with E-state index in [1.54, 1.807) is 33.2 Å². The van der Waals surface area contributed by atoms with Gasteiger partial charge in [0.05, 0.1) is 0 Å². The lowest BCUT2D eigenvalue weighted by atomic mass is 10.2. The van der Waals surface area contributed by atoms with E-state index in [1.807, 2.05) is 31.2 Å². The van der Waals surface area contributed by atoms with Gasteiger partial charge in [-0.2, -0.15) is 0 Å². The first-order valence-electron chi connectivity index (χ1n) is 7.09. The molecule has 1 N–H and O–H groups in total. The van der Waals surface area contributed by atoms with E-state index in [-0.39, 0.29) is 17.2 Å². The second-order valence-electron chi connectivity index (χ2n) is 5.35. The zero-order valence-corrected chi connectivity index (χ0v) is 13.2. The van der Waals surface area contributed by atoms with Crippen LogP contribution in [0.4, 0.5) is 5.69 Å². The van der Waals surface area contributed by atoms with Crippen LogP contribution in [0, 0.1) is 13.8 Å². The lowest BCUT2D eigenvalue weighted by molar-refractivity contribution is -0.122. The molecule has 0 radical (unpaired) electrons. The third-order valence-corrected chi connectivity index (χ3v) is 3.43. The molecule has 0 spiro atoms. The molecule has 2 aromatic rings. The lowest BCUT2D eigenvalue weighted by Crippen LogP contribution is -2.33. The van der Waals surface area contributed by atoms with Crippen molar-refractivity contribution < 1.29 is 9.53 Å². The summed E-state index contributed by atoms with van der Waals surface area (Å²) < 4.78 is 7.02. The molecule has 0 bridgehead atoms. The Morgan fingerprint density at radius 3 is 2.45 bits per heavy atom. The standard InChI is InChI=1S/C17H20N2O3/c1-11-5-7-14(8-6-11)22-13(3)16(20)18-15-12(2)9-10-19(4)17(15)21/h5-10,13H,1-4H3,(H,18,20). The van der Waals surface area contributed by atoms with Crippen LogP contribution in [-0.4, -0.2) is 16.6 Å². The van der Waals surface area contributed by atoms with E-state index in [9.17, 15) is 9.59 Å². The van der Waals surface area contributed by atoms with Gasteiger partial charge in [-0.1, -0.05) is 17.7 Å². The molecule has 1 amide bonds. The van der Waals surface area contributed by atoms with Crippen molar-refractivity contribution in [1.82, 2.24) is 4.57 Å². The molecule has 5 heteroatoms. The first-order valence-corrected chi connectivity index (χ1v) is 7.09. The van der Waals surface area contributed by atoms with E-state index in [0.29, 0.717) is 5.75 Å². The minimum absolute atomic E-state index is 0.240.